The minimum absolute atomic E-state index is 0. The fourth-order valence-electron chi connectivity index (χ4n) is 1.44. The van der Waals surface area contributed by atoms with Crippen LogP contribution >= 0.6 is 35.6 Å². The minimum atomic E-state index is 0. The highest BCUT2D eigenvalue weighted by atomic mass is 127. The van der Waals surface area contributed by atoms with E-state index in [0.717, 1.165) is 18.7 Å². The number of benzene rings is 1. The first-order chi connectivity index (χ1) is 9.17. The first-order valence-corrected chi connectivity index (χ1v) is 6.53. The van der Waals surface area contributed by atoms with E-state index in [1.807, 2.05) is 13.0 Å². The van der Waals surface area contributed by atoms with E-state index in [4.69, 9.17) is 26.8 Å². The van der Waals surface area contributed by atoms with Gasteiger partial charge in [-0.2, -0.15) is 0 Å². The Hall–Kier alpha value is -0.730. The molecule has 0 saturated carbocycles. The van der Waals surface area contributed by atoms with Crippen LogP contribution in [0.5, 0.6) is 5.75 Å². The number of anilines is 1. The number of hydrogen-bond donors (Lipinski definition) is 2. The summed E-state index contributed by atoms with van der Waals surface area (Å²) in [5, 5.41) is 3.50. The highest BCUT2D eigenvalue weighted by Gasteiger charge is 2.02. The average Bonchev–Trinajstić information content (AvgIpc) is 2.39. The van der Waals surface area contributed by atoms with Gasteiger partial charge in [-0.15, -0.1) is 24.0 Å². The topological polar surface area (TPSA) is 68.9 Å². The van der Waals surface area contributed by atoms with Gasteiger partial charge in [0.1, 0.15) is 5.75 Å². The van der Waals surface area contributed by atoms with Crippen LogP contribution in [0.1, 0.15) is 13.3 Å². The number of rotatable bonds is 7. The number of nitrogens with zero attached hydrogens (tertiary/aromatic N) is 1. The number of halogens is 2. The molecule has 0 fully saturated rings. The lowest BCUT2D eigenvalue weighted by atomic mass is 10.3. The third kappa shape index (κ3) is 7.16. The Balaban J connectivity index is 0.00000361. The number of nitrogens with two attached hydrogens (primary N) is 1. The van der Waals surface area contributed by atoms with Crippen molar-refractivity contribution in [2.75, 3.05) is 32.2 Å². The lowest BCUT2D eigenvalue weighted by molar-refractivity contribution is 0.146. The van der Waals surface area contributed by atoms with Crippen LogP contribution in [-0.2, 0) is 4.74 Å². The van der Waals surface area contributed by atoms with Gasteiger partial charge in [-0.3, -0.25) is 4.99 Å². The Morgan fingerprint density at radius 2 is 2.20 bits per heavy atom. The Morgan fingerprint density at radius 3 is 2.80 bits per heavy atom. The molecule has 20 heavy (non-hydrogen) atoms. The molecule has 7 heteroatoms. The van der Waals surface area contributed by atoms with Crippen LogP contribution < -0.4 is 15.8 Å². The molecule has 0 aliphatic rings. The molecule has 3 N–H and O–H groups in total. The molecule has 0 aliphatic heterocycles. The van der Waals surface area contributed by atoms with Crippen LogP contribution in [0.25, 0.3) is 0 Å². The van der Waals surface area contributed by atoms with E-state index in [9.17, 15) is 0 Å². The number of nitrogens with one attached hydrogen (secondary N) is 1. The molecule has 0 spiro atoms. The van der Waals surface area contributed by atoms with Crippen LogP contribution in [0, 0.1) is 0 Å². The maximum atomic E-state index is 6.01. The van der Waals surface area contributed by atoms with Gasteiger partial charge in [0.25, 0.3) is 0 Å². The van der Waals surface area contributed by atoms with Gasteiger partial charge in [0.15, 0.2) is 5.96 Å². The van der Waals surface area contributed by atoms with Gasteiger partial charge in [-0.25, -0.2) is 0 Å². The summed E-state index contributed by atoms with van der Waals surface area (Å²) in [6.07, 6.45) is 0.847. The summed E-state index contributed by atoms with van der Waals surface area (Å²) >= 11 is 6.01. The molecular formula is C13H21ClIN3O2. The lowest BCUT2D eigenvalue weighted by Gasteiger charge is -2.08. The first kappa shape index (κ1) is 19.3. The third-order valence-electron chi connectivity index (χ3n) is 2.36. The van der Waals surface area contributed by atoms with Crippen LogP contribution in [0.3, 0.4) is 0 Å². The monoisotopic (exact) mass is 413 g/mol. The number of aliphatic imine (C=N–C) groups is 1. The number of ether oxygens (including phenoxy) is 2. The fourth-order valence-corrected chi connectivity index (χ4v) is 1.70. The molecule has 0 heterocycles. The minimum Gasteiger partial charge on any atom is -0.495 e. The normalized spacial score (nSPS) is 10.8. The zero-order chi connectivity index (χ0) is 14.1. The predicted octanol–water partition coefficient (Wildman–Crippen LogP) is 3.12. The van der Waals surface area contributed by atoms with Gasteiger partial charge in [0.2, 0.25) is 0 Å². The van der Waals surface area contributed by atoms with Gasteiger partial charge in [-0.05, 0) is 31.5 Å². The second-order valence-electron chi connectivity index (χ2n) is 3.79. The maximum absolute atomic E-state index is 6.01. The van der Waals surface area contributed by atoms with E-state index in [2.05, 4.69) is 10.3 Å². The van der Waals surface area contributed by atoms with Crippen molar-refractivity contribution in [1.29, 1.82) is 0 Å². The number of hydrogen-bond acceptors (Lipinski definition) is 3. The van der Waals surface area contributed by atoms with Gasteiger partial charge in [0, 0.05) is 25.4 Å². The molecule has 0 amide bonds. The molecular weight excluding hydrogens is 393 g/mol. The standard InChI is InChI=1S/C13H20ClN3O2.HI/c1-3-19-8-4-7-16-13(15)17-10-5-6-12(18-2)11(14)9-10;/h5-6,9H,3-4,7-8H2,1-2H3,(H3,15,16,17);1H. The summed E-state index contributed by atoms with van der Waals surface area (Å²) in [6, 6.07) is 5.34. The van der Waals surface area contributed by atoms with E-state index in [-0.39, 0.29) is 24.0 Å². The molecule has 1 aromatic carbocycles. The Kier molecular flexibility index (Phi) is 10.6. The zero-order valence-electron chi connectivity index (χ0n) is 11.7. The molecule has 0 atom stereocenters. The number of guanidine groups is 1. The summed E-state index contributed by atoms with van der Waals surface area (Å²) < 4.78 is 10.3. The van der Waals surface area contributed by atoms with Crippen molar-refractivity contribution in [2.45, 2.75) is 13.3 Å². The highest BCUT2D eigenvalue weighted by molar-refractivity contribution is 14.0. The van der Waals surface area contributed by atoms with Crippen molar-refractivity contribution in [3.8, 4) is 5.75 Å². The summed E-state index contributed by atoms with van der Waals surface area (Å²) in [5.41, 5.74) is 6.54. The van der Waals surface area contributed by atoms with Crippen molar-refractivity contribution >= 4 is 47.2 Å². The van der Waals surface area contributed by atoms with Gasteiger partial charge >= 0.3 is 0 Å². The molecule has 114 valence electrons. The molecule has 0 aromatic heterocycles. The molecule has 0 aliphatic carbocycles. The van der Waals surface area contributed by atoms with E-state index < -0.39 is 0 Å². The SMILES string of the molecule is CCOCCCN=C(N)Nc1ccc(OC)c(Cl)c1.I. The Morgan fingerprint density at radius 1 is 1.45 bits per heavy atom. The first-order valence-electron chi connectivity index (χ1n) is 6.15. The van der Waals surface area contributed by atoms with E-state index in [0.29, 0.717) is 29.9 Å². The van der Waals surface area contributed by atoms with Gasteiger partial charge in [0.05, 0.1) is 12.1 Å². The van der Waals surface area contributed by atoms with Crippen molar-refractivity contribution in [1.82, 2.24) is 0 Å². The summed E-state index contributed by atoms with van der Waals surface area (Å²) in [5.74, 6) is 0.983. The van der Waals surface area contributed by atoms with Crippen molar-refractivity contribution in [2.24, 2.45) is 10.7 Å². The third-order valence-corrected chi connectivity index (χ3v) is 2.65. The van der Waals surface area contributed by atoms with Crippen LogP contribution in [0.4, 0.5) is 5.69 Å². The molecule has 1 aromatic rings. The largest absolute Gasteiger partial charge is 0.495 e. The van der Waals surface area contributed by atoms with E-state index in [1.54, 1.807) is 19.2 Å². The van der Waals surface area contributed by atoms with Crippen molar-refractivity contribution < 1.29 is 9.47 Å². The van der Waals surface area contributed by atoms with Gasteiger partial charge < -0.3 is 20.5 Å². The molecule has 5 nitrogen and oxygen atoms in total. The molecule has 0 bridgehead atoms. The predicted molar refractivity (Wildman–Crippen MR) is 94.6 cm³/mol. The molecule has 0 radical (unpaired) electrons. The average molecular weight is 414 g/mol. The zero-order valence-corrected chi connectivity index (χ0v) is 14.8. The summed E-state index contributed by atoms with van der Waals surface area (Å²) in [6.45, 7) is 4.01. The second kappa shape index (κ2) is 11.0. The van der Waals surface area contributed by atoms with E-state index in [1.165, 1.54) is 0 Å². The smallest absolute Gasteiger partial charge is 0.193 e. The maximum Gasteiger partial charge on any atom is 0.193 e. The highest BCUT2D eigenvalue weighted by Crippen LogP contribution is 2.26. The molecule has 0 saturated heterocycles. The second-order valence-corrected chi connectivity index (χ2v) is 4.20. The molecule has 0 unspecified atom stereocenters. The van der Waals surface area contributed by atoms with Crippen molar-refractivity contribution in [3.05, 3.63) is 23.2 Å². The fraction of sp³-hybridized carbons (Fsp3) is 0.462. The summed E-state index contributed by atoms with van der Waals surface area (Å²) in [4.78, 5) is 4.19. The number of methoxy groups -OCH3 is 1. The van der Waals surface area contributed by atoms with Crippen LogP contribution in [0.2, 0.25) is 5.02 Å². The van der Waals surface area contributed by atoms with Crippen LogP contribution in [0.15, 0.2) is 23.2 Å². The Bertz CT molecular complexity index is 430. The van der Waals surface area contributed by atoms with Crippen molar-refractivity contribution in [3.63, 3.8) is 0 Å². The quantitative estimate of drug-likeness (QED) is 0.312. The lowest BCUT2D eigenvalue weighted by Crippen LogP contribution is -2.23. The van der Waals surface area contributed by atoms with Gasteiger partial charge in [-0.1, -0.05) is 11.6 Å². The Labute approximate surface area is 141 Å². The molecule has 1 rings (SSSR count). The summed E-state index contributed by atoms with van der Waals surface area (Å²) in [7, 11) is 1.57. The van der Waals surface area contributed by atoms with E-state index >= 15 is 0 Å². The van der Waals surface area contributed by atoms with Crippen LogP contribution in [-0.4, -0.2) is 32.8 Å².